The van der Waals surface area contributed by atoms with Gasteiger partial charge in [0.25, 0.3) is 0 Å². The Hall–Kier alpha value is -2.72. The van der Waals surface area contributed by atoms with Crippen molar-refractivity contribution in [3.63, 3.8) is 0 Å². The highest BCUT2D eigenvalue weighted by molar-refractivity contribution is 6.33. The highest BCUT2D eigenvalue weighted by Crippen LogP contribution is 2.44. The van der Waals surface area contributed by atoms with Gasteiger partial charge in [-0.1, -0.05) is 66.7 Å². The molecule has 6 rings (SSSR count). The van der Waals surface area contributed by atoms with E-state index in [0.717, 1.165) is 10.9 Å². The molecule has 3 atom stereocenters. The Kier molecular flexibility index (Phi) is 3.42. The largest absolute Gasteiger partial charge is 0.394 e. The second-order valence-corrected chi connectivity index (χ2v) is 7.79. The number of hydrogen-bond acceptors (Lipinski definition) is 3. The van der Waals surface area contributed by atoms with Crippen LogP contribution in [-0.2, 0) is 4.74 Å². The van der Waals surface area contributed by atoms with E-state index in [1.54, 1.807) is 0 Å². The van der Waals surface area contributed by atoms with Crippen LogP contribution in [0.15, 0.2) is 66.7 Å². The maximum absolute atomic E-state index is 10.2. The Balaban J connectivity index is 1.72. The lowest BCUT2D eigenvalue weighted by molar-refractivity contribution is -0.0222. The standard InChI is InChI=1S/C25H20O3/c26-13-23-21(27)12-22(28-23)15-10-11-20-18-7-2-5-14-4-1-6-17(24(14)18)19-9-3-8-16(15)25(19)20/h1-11,21-23,26-27H,12-13H2/t21-,22-,23-/m1/s1. The molecule has 5 aromatic carbocycles. The second kappa shape index (κ2) is 5.89. The molecule has 3 nitrogen and oxygen atoms in total. The number of ether oxygens (including phenoxy) is 1. The molecule has 1 fully saturated rings. The molecule has 2 N–H and O–H groups in total. The minimum absolute atomic E-state index is 0.158. The summed E-state index contributed by atoms with van der Waals surface area (Å²) < 4.78 is 5.98. The summed E-state index contributed by atoms with van der Waals surface area (Å²) in [5.41, 5.74) is 1.09. The third kappa shape index (κ3) is 2.09. The normalized spacial score (nSPS) is 22.9. The fourth-order valence-corrected chi connectivity index (χ4v) is 5.04. The SMILES string of the molecule is OC[C@H]1O[C@@H](c2ccc3c4cccc5cccc(c6cccc2c63)c54)C[C@H]1O. The Morgan fingerprint density at radius 3 is 2.04 bits per heavy atom. The molecule has 0 spiro atoms. The molecule has 0 unspecified atom stereocenters. The molecule has 5 aromatic rings. The molecule has 28 heavy (non-hydrogen) atoms. The summed E-state index contributed by atoms with van der Waals surface area (Å²) in [5, 5.41) is 29.7. The van der Waals surface area contributed by atoms with Crippen molar-refractivity contribution in [1.82, 2.24) is 0 Å². The van der Waals surface area contributed by atoms with E-state index in [4.69, 9.17) is 4.74 Å². The van der Waals surface area contributed by atoms with E-state index in [1.165, 1.54) is 37.7 Å². The van der Waals surface area contributed by atoms with Crippen molar-refractivity contribution >= 4 is 43.1 Å². The summed E-state index contributed by atoms with van der Waals surface area (Å²) in [7, 11) is 0. The molecule has 0 radical (unpaired) electrons. The Labute approximate surface area is 162 Å². The number of fused-ring (bicyclic) bond motifs is 2. The zero-order valence-electron chi connectivity index (χ0n) is 15.3. The zero-order valence-corrected chi connectivity index (χ0v) is 15.3. The van der Waals surface area contributed by atoms with E-state index in [2.05, 4.69) is 66.7 Å². The minimum atomic E-state index is -0.629. The van der Waals surface area contributed by atoms with Gasteiger partial charge < -0.3 is 14.9 Å². The highest BCUT2D eigenvalue weighted by atomic mass is 16.5. The van der Waals surface area contributed by atoms with Crippen molar-refractivity contribution in [1.29, 1.82) is 0 Å². The quantitative estimate of drug-likeness (QED) is 0.343. The molecular weight excluding hydrogens is 348 g/mol. The lowest BCUT2D eigenvalue weighted by atomic mass is 9.87. The minimum Gasteiger partial charge on any atom is -0.394 e. The van der Waals surface area contributed by atoms with Gasteiger partial charge in [-0.15, -0.1) is 0 Å². The van der Waals surface area contributed by atoms with E-state index in [1.807, 2.05) is 0 Å². The molecule has 0 aliphatic carbocycles. The first-order valence-corrected chi connectivity index (χ1v) is 9.79. The van der Waals surface area contributed by atoms with Crippen LogP contribution in [0.1, 0.15) is 18.1 Å². The van der Waals surface area contributed by atoms with Gasteiger partial charge in [0, 0.05) is 6.42 Å². The summed E-state index contributed by atoms with van der Waals surface area (Å²) in [6, 6.07) is 23.8. The van der Waals surface area contributed by atoms with Crippen LogP contribution >= 0.6 is 0 Å². The smallest absolute Gasteiger partial charge is 0.107 e. The van der Waals surface area contributed by atoms with E-state index in [-0.39, 0.29) is 12.7 Å². The van der Waals surface area contributed by atoms with Crippen LogP contribution in [0.3, 0.4) is 0 Å². The van der Waals surface area contributed by atoms with Gasteiger partial charge in [-0.3, -0.25) is 0 Å². The van der Waals surface area contributed by atoms with Gasteiger partial charge in [0.05, 0.1) is 18.8 Å². The predicted octanol–water partition coefficient (Wildman–Crippen LogP) is 4.92. The molecule has 1 aliphatic heterocycles. The van der Waals surface area contributed by atoms with Crippen molar-refractivity contribution in [3.05, 3.63) is 72.3 Å². The van der Waals surface area contributed by atoms with Crippen molar-refractivity contribution in [2.45, 2.75) is 24.7 Å². The van der Waals surface area contributed by atoms with Gasteiger partial charge in [-0.25, -0.2) is 0 Å². The van der Waals surface area contributed by atoms with Gasteiger partial charge in [0.1, 0.15) is 6.10 Å². The molecule has 3 heteroatoms. The van der Waals surface area contributed by atoms with Crippen molar-refractivity contribution in [2.24, 2.45) is 0 Å². The summed E-state index contributed by atoms with van der Waals surface area (Å²) in [5.74, 6) is 0. The first-order valence-electron chi connectivity index (χ1n) is 9.79. The molecule has 1 aliphatic rings. The first-order chi connectivity index (χ1) is 13.8. The maximum Gasteiger partial charge on any atom is 0.107 e. The monoisotopic (exact) mass is 368 g/mol. The summed E-state index contributed by atoms with van der Waals surface area (Å²) in [4.78, 5) is 0. The number of hydrogen-bond donors (Lipinski definition) is 2. The Bertz CT molecular complexity index is 1290. The third-order valence-corrected chi connectivity index (χ3v) is 6.31. The van der Waals surface area contributed by atoms with Gasteiger partial charge in [0.15, 0.2) is 0 Å². The van der Waals surface area contributed by atoms with E-state index >= 15 is 0 Å². The van der Waals surface area contributed by atoms with Crippen molar-refractivity contribution in [3.8, 4) is 0 Å². The third-order valence-electron chi connectivity index (χ3n) is 6.31. The van der Waals surface area contributed by atoms with E-state index < -0.39 is 12.2 Å². The molecule has 0 bridgehead atoms. The van der Waals surface area contributed by atoms with Crippen LogP contribution in [0.5, 0.6) is 0 Å². The van der Waals surface area contributed by atoms with E-state index in [9.17, 15) is 10.2 Å². The topological polar surface area (TPSA) is 49.7 Å². The predicted molar refractivity (Wildman–Crippen MR) is 113 cm³/mol. The zero-order chi connectivity index (χ0) is 18.8. The number of aliphatic hydroxyl groups excluding tert-OH is 2. The number of rotatable bonds is 2. The second-order valence-electron chi connectivity index (χ2n) is 7.79. The fraction of sp³-hybridized carbons (Fsp3) is 0.200. The van der Waals surface area contributed by atoms with Crippen LogP contribution in [0.2, 0.25) is 0 Å². The molecule has 0 saturated carbocycles. The van der Waals surface area contributed by atoms with Crippen LogP contribution in [-0.4, -0.2) is 29.0 Å². The first kappa shape index (κ1) is 16.3. The summed E-state index contributed by atoms with van der Waals surface area (Å²) >= 11 is 0. The van der Waals surface area contributed by atoms with Gasteiger partial charge >= 0.3 is 0 Å². The van der Waals surface area contributed by atoms with Crippen LogP contribution in [0, 0.1) is 0 Å². The van der Waals surface area contributed by atoms with E-state index in [0.29, 0.717) is 6.42 Å². The molecule has 138 valence electrons. The van der Waals surface area contributed by atoms with Crippen molar-refractivity contribution in [2.75, 3.05) is 6.61 Å². The molecule has 0 amide bonds. The number of aliphatic hydroxyl groups is 2. The molecule has 1 saturated heterocycles. The Morgan fingerprint density at radius 2 is 1.36 bits per heavy atom. The molecule has 1 heterocycles. The maximum atomic E-state index is 10.2. The average molecular weight is 368 g/mol. The lowest BCUT2D eigenvalue weighted by Crippen LogP contribution is -2.24. The van der Waals surface area contributed by atoms with Crippen molar-refractivity contribution < 1.29 is 14.9 Å². The van der Waals surface area contributed by atoms with Gasteiger partial charge in [-0.05, 0) is 48.7 Å². The molecule has 0 aromatic heterocycles. The van der Waals surface area contributed by atoms with Crippen LogP contribution in [0.25, 0.3) is 43.1 Å². The fourth-order valence-electron chi connectivity index (χ4n) is 5.04. The molecular formula is C25H20O3. The van der Waals surface area contributed by atoms with Crippen LogP contribution in [0.4, 0.5) is 0 Å². The summed E-state index contributed by atoms with van der Waals surface area (Å²) in [6.07, 6.45) is -0.833. The average Bonchev–Trinajstić information content (AvgIpc) is 3.12. The van der Waals surface area contributed by atoms with Gasteiger partial charge in [0.2, 0.25) is 0 Å². The van der Waals surface area contributed by atoms with Gasteiger partial charge in [-0.2, -0.15) is 0 Å². The summed E-state index contributed by atoms with van der Waals surface area (Å²) in [6.45, 7) is -0.158. The lowest BCUT2D eigenvalue weighted by Gasteiger charge is -2.19. The van der Waals surface area contributed by atoms with Crippen LogP contribution < -0.4 is 0 Å². The number of benzene rings is 5. The highest BCUT2D eigenvalue weighted by Gasteiger charge is 2.35. The Morgan fingerprint density at radius 1 is 0.750 bits per heavy atom.